The summed E-state index contributed by atoms with van der Waals surface area (Å²) in [5, 5.41) is 19.9. The fourth-order valence-electron chi connectivity index (χ4n) is 10.3. The number of benzene rings is 6. The minimum absolute atomic E-state index is 0.0650. The molecule has 18 nitrogen and oxygen atoms in total. The molecule has 18 heteroatoms. The van der Waals surface area contributed by atoms with E-state index in [0.717, 1.165) is 83.2 Å². The Morgan fingerprint density at radius 3 is 0.890 bits per heavy atom. The SMILES string of the molecule is COc1ccc2[nH]c(C)c(CC(=O)NC(C)C(=O)Nc3ccc(C(c4ccc(NC(=O)C(C)NC(=O)Cc5c(C)[nH]c6ccc(OC)cc56)cc4)c4ccc(NC(=O)C(C)NC(=O)Cc5c(C)[nH]c6ccc(OC)cc56)cc4)cc3)c2c1. The molecule has 3 aromatic heterocycles. The van der Waals surface area contributed by atoms with Crippen molar-refractivity contribution in [3.8, 4) is 17.2 Å². The van der Waals surface area contributed by atoms with Crippen molar-refractivity contribution in [1.82, 2.24) is 30.9 Å². The van der Waals surface area contributed by atoms with Crippen LogP contribution in [0.1, 0.15) is 77.2 Å². The number of rotatable bonds is 21. The Balaban J connectivity index is 0.873. The highest BCUT2D eigenvalue weighted by Crippen LogP contribution is 2.35. The summed E-state index contributed by atoms with van der Waals surface area (Å²) in [7, 11) is 4.77. The molecular weight excluding hydrogens is 1040 g/mol. The summed E-state index contributed by atoms with van der Waals surface area (Å²) >= 11 is 0. The molecule has 9 N–H and O–H groups in total. The number of anilines is 3. The maximum absolute atomic E-state index is 13.5. The van der Waals surface area contributed by atoms with Crippen LogP contribution in [-0.4, -0.2) is 89.8 Å². The van der Waals surface area contributed by atoms with E-state index in [2.05, 4.69) is 46.9 Å². The predicted octanol–water partition coefficient (Wildman–Crippen LogP) is 9.32. The first-order valence-electron chi connectivity index (χ1n) is 26.9. The van der Waals surface area contributed by atoms with Gasteiger partial charge in [-0.25, -0.2) is 0 Å². The second-order valence-corrected chi connectivity index (χ2v) is 20.6. The Bertz CT molecular complexity index is 3460. The van der Waals surface area contributed by atoms with E-state index in [4.69, 9.17) is 14.2 Å². The summed E-state index contributed by atoms with van der Waals surface area (Å²) in [4.78, 5) is 90.3. The van der Waals surface area contributed by atoms with E-state index in [-0.39, 0.29) is 42.9 Å². The number of amides is 6. The van der Waals surface area contributed by atoms with Crippen molar-refractivity contribution < 1.29 is 43.0 Å². The predicted molar refractivity (Wildman–Crippen MR) is 319 cm³/mol. The van der Waals surface area contributed by atoms with Crippen molar-refractivity contribution in [2.45, 2.75) is 84.8 Å². The highest BCUT2D eigenvalue weighted by Gasteiger charge is 2.24. The van der Waals surface area contributed by atoms with Crippen LogP contribution in [0.5, 0.6) is 17.2 Å². The first-order valence-corrected chi connectivity index (χ1v) is 26.9. The molecule has 82 heavy (non-hydrogen) atoms. The minimum atomic E-state index is -0.851. The van der Waals surface area contributed by atoms with Crippen molar-refractivity contribution in [3.05, 3.63) is 178 Å². The molecular formula is C64H67N9O9. The first-order chi connectivity index (χ1) is 39.4. The Labute approximate surface area is 474 Å². The van der Waals surface area contributed by atoms with Crippen LogP contribution in [-0.2, 0) is 48.0 Å². The van der Waals surface area contributed by atoms with Crippen molar-refractivity contribution in [2.75, 3.05) is 37.3 Å². The molecule has 6 amide bonds. The lowest BCUT2D eigenvalue weighted by Gasteiger charge is -2.21. The van der Waals surface area contributed by atoms with Gasteiger partial charge in [-0.05, 0) is 166 Å². The largest absolute Gasteiger partial charge is 0.497 e. The first kappa shape index (κ1) is 56.9. The molecule has 3 unspecified atom stereocenters. The number of ether oxygens (including phenoxy) is 3. The second kappa shape index (κ2) is 24.7. The summed E-state index contributed by atoms with van der Waals surface area (Å²) in [6.45, 7) is 10.6. The zero-order valence-electron chi connectivity index (χ0n) is 47.2. The molecule has 9 aromatic rings. The average Bonchev–Trinajstić information content (AvgIpc) is 4.16. The lowest BCUT2D eigenvalue weighted by molar-refractivity contribution is -0.125. The van der Waals surface area contributed by atoms with E-state index >= 15 is 0 Å². The monoisotopic (exact) mass is 1110 g/mol. The number of aromatic amines is 3. The maximum atomic E-state index is 13.5. The van der Waals surface area contributed by atoms with Crippen LogP contribution in [0.25, 0.3) is 32.7 Å². The van der Waals surface area contributed by atoms with E-state index in [1.165, 1.54) is 0 Å². The number of aromatic nitrogens is 3. The molecule has 6 aromatic carbocycles. The van der Waals surface area contributed by atoms with Gasteiger partial charge >= 0.3 is 0 Å². The van der Waals surface area contributed by atoms with E-state index in [9.17, 15) is 28.8 Å². The number of carbonyl (C=O) groups excluding carboxylic acids is 6. The van der Waals surface area contributed by atoms with Gasteiger partial charge in [-0.15, -0.1) is 0 Å². The number of hydrogen-bond acceptors (Lipinski definition) is 9. The molecule has 0 saturated heterocycles. The van der Waals surface area contributed by atoms with Crippen LogP contribution in [0.4, 0.5) is 17.1 Å². The lowest BCUT2D eigenvalue weighted by atomic mass is 9.85. The maximum Gasteiger partial charge on any atom is 0.246 e. The molecule has 0 radical (unpaired) electrons. The Kier molecular flexibility index (Phi) is 17.1. The standard InChI is InChI=1S/C64H67N9O9/c1-34-49(52-28-46(80-7)22-25-55(52)65-34)31-58(74)68-37(4)62(77)71-43-16-10-40(11-17-43)61(41-12-18-44(19-13-41)72-63(78)38(5)69-59(75)32-50-35(2)66-56-26-23-47(81-8)29-53(50)56)42-14-20-45(21-15-42)73-64(79)39(6)70-60(76)33-51-36(3)67-57-27-24-48(82-9)30-54(51)57/h10-30,37-39,61,65-67H,31-33H2,1-9H3,(H,68,74)(H,69,75)(H,70,76)(H,71,77)(H,72,78)(H,73,79). The number of carbonyl (C=O) groups is 6. The van der Waals surface area contributed by atoms with Crippen molar-refractivity contribution in [3.63, 3.8) is 0 Å². The van der Waals surface area contributed by atoms with Gasteiger partial charge in [0.05, 0.1) is 40.6 Å². The topological polar surface area (TPSA) is 250 Å². The Morgan fingerprint density at radius 2 is 0.646 bits per heavy atom. The molecule has 422 valence electrons. The number of H-pyrrole nitrogens is 3. The second-order valence-electron chi connectivity index (χ2n) is 20.6. The van der Waals surface area contributed by atoms with Gasteiger partial charge in [-0.1, -0.05) is 36.4 Å². The third-order valence-corrected chi connectivity index (χ3v) is 14.8. The molecule has 3 heterocycles. The van der Waals surface area contributed by atoms with E-state index in [1.807, 2.05) is 112 Å². The normalized spacial score (nSPS) is 12.7. The Morgan fingerprint density at radius 1 is 0.390 bits per heavy atom. The van der Waals surface area contributed by atoms with Crippen LogP contribution >= 0.6 is 0 Å². The summed E-state index contributed by atoms with van der Waals surface area (Å²) < 4.78 is 16.2. The zero-order chi connectivity index (χ0) is 58.4. The average molecular weight is 1110 g/mol. The van der Waals surface area contributed by atoms with Crippen LogP contribution in [0.15, 0.2) is 127 Å². The Hall–Kier alpha value is -9.84. The fourth-order valence-corrected chi connectivity index (χ4v) is 10.3. The smallest absolute Gasteiger partial charge is 0.246 e. The van der Waals surface area contributed by atoms with Crippen molar-refractivity contribution in [1.29, 1.82) is 0 Å². The number of nitrogens with one attached hydrogen (secondary N) is 9. The van der Waals surface area contributed by atoms with E-state index < -0.39 is 35.8 Å². The molecule has 0 aliphatic carbocycles. The number of hydrogen-bond donors (Lipinski definition) is 9. The number of methoxy groups -OCH3 is 3. The highest BCUT2D eigenvalue weighted by atomic mass is 16.5. The van der Waals surface area contributed by atoms with Gasteiger partial charge in [0, 0.05) is 72.8 Å². The quantitative estimate of drug-likeness (QED) is 0.0311. The fraction of sp³-hybridized carbons (Fsp3) is 0.250. The van der Waals surface area contributed by atoms with Gasteiger partial charge in [0.2, 0.25) is 35.4 Å². The number of fused-ring (bicyclic) bond motifs is 3. The van der Waals surface area contributed by atoms with Crippen molar-refractivity contribution >= 4 is 85.2 Å². The van der Waals surface area contributed by atoms with Crippen LogP contribution in [0.2, 0.25) is 0 Å². The lowest BCUT2D eigenvalue weighted by Crippen LogP contribution is -2.42. The molecule has 3 atom stereocenters. The molecule has 9 rings (SSSR count). The van der Waals surface area contributed by atoms with Gasteiger partial charge in [-0.2, -0.15) is 0 Å². The molecule has 0 bridgehead atoms. The number of aryl methyl sites for hydroxylation is 3. The zero-order valence-corrected chi connectivity index (χ0v) is 47.2. The molecule has 0 aliphatic heterocycles. The van der Waals surface area contributed by atoms with Crippen LogP contribution < -0.4 is 46.1 Å². The third kappa shape index (κ3) is 12.9. The van der Waals surface area contributed by atoms with Crippen LogP contribution in [0.3, 0.4) is 0 Å². The third-order valence-electron chi connectivity index (χ3n) is 14.8. The van der Waals surface area contributed by atoms with Crippen LogP contribution in [0, 0.1) is 20.8 Å². The van der Waals surface area contributed by atoms with E-state index in [1.54, 1.807) is 78.5 Å². The molecule has 0 fully saturated rings. The summed E-state index contributed by atoms with van der Waals surface area (Å²) in [5.41, 5.74) is 11.8. The van der Waals surface area contributed by atoms with E-state index in [0.29, 0.717) is 34.3 Å². The molecule has 0 saturated carbocycles. The van der Waals surface area contributed by atoms with Gasteiger partial charge in [0.25, 0.3) is 0 Å². The summed E-state index contributed by atoms with van der Waals surface area (Å²) in [6.07, 6.45) is 0.195. The van der Waals surface area contributed by atoms with Gasteiger partial charge in [-0.3, -0.25) is 28.8 Å². The molecule has 0 spiro atoms. The summed E-state index contributed by atoms with van der Waals surface area (Å²) in [5.74, 6) is -0.480. The molecule has 0 aliphatic rings. The van der Waals surface area contributed by atoms with Gasteiger partial charge < -0.3 is 61.1 Å². The van der Waals surface area contributed by atoms with Gasteiger partial charge in [0.15, 0.2) is 0 Å². The van der Waals surface area contributed by atoms with Gasteiger partial charge in [0.1, 0.15) is 35.4 Å². The summed E-state index contributed by atoms with van der Waals surface area (Å²) in [6, 6.07) is 36.5. The van der Waals surface area contributed by atoms with Crippen molar-refractivity contribution in [2.24, 2.45) is 0 Å². The highest BCUT2D eigenvalue weighted by molar-refractivity contribution is 6.00. The minimum Gasteiger partial charge on any atom is -0.497 e.